The molecular formula is C15H21N3O. The Balaban J connectivity index is 2.31. The second-order valence-corrected chi connectivity index (χ2v) is 6.40. The standard InChI is InChI=1S/C15H21N3O/c1-14(2,3)11-6-8-12(9-7-11)18-10-13(16-17-18)15(4,5)19/h6-10,19H,1-5H3. The van der Waals surface area contributed by atoms with Gasteiger partial charge in [-0.15, -0.1) is 5.10 Å². The van der Waals surface area contributed by atoms with Gasteiger partial charge in [0.05, 0.1) is 11.9 Å². The predicted octanol–water partition coefficient (Wildman–Crippen LogP) is 2.79. The minimum absolute atomic E-state index is 0.138. The van der Waals surface area contributed by atoms with Gasteiger partial charge in [-0.25, -0.2) is 4.68 Å². The van der Waals surface area contributed by atoms with Crippen molar-refractivity contribution in [1.82, 2.24) is 15.0 Å². The van der Waals surface area contributed by atoms with Crippen molar-refractivity contribution in [3.8, 4) is 5.69 Å². The fourth-order valence-corrected chi connectivity index (χ4v) is 1.78. The molecule has 0 aliphatic rings. The average molecular weight is 259 g/mol. The van der Waals surface area contributed by atoms with E-state index < -0.39 is 5.60 Å². The van der Waals surface area contributed by atoms with Gasteiger partial charge in [-0.2, -0.15) is 0 Å². The molecule has 4 heteroatoms. The van der Waals surface area contributed by atoms with E-state index in [4.69, 9.17) is 0 Å². The molecule has 1 aromatic carbocycles. The lowest BCUT2D eigenvalue weighted by atomic mass is 9.87. The molecule has 0 saturated carbocycles. The van der Waals surface area contributed by atoms with E-state index in [2.05, 4.69) is 43.2 Å². The third kappa shape index (κ3) is 3.01. The van der Waals surface area contributed by atoms with Gasteiger partial charge >= 0.3 is 0 Å². The Kier molecular flexibility index (Phi) is 3.22. The summed E-state index contributed by atoms with van der Waals surface area (Å²) in [6.07, 6.45) is 1.76. The molecule has 1 heterocycles. The van der Waals surface area contributed by atoms with Gasteiger partial charge in [0.2, 0.25) is 0 Å². The molecule has 0 saturated heterocycles. The summed E-state index contributed by atoms with van der Waals surface area (Å²) in [6.45, 7) is 9.95. The molecule has 0 radical (unpaired) electrons. The van der Waals surface area contributed by atoms with Crippen molar-refractivity contribution < 1.29 is 5.11 Å². The number of aromatic nitrogens is 3. The van der Waals surface area contributed by atoms with Crippen LogP contribution >= 0.6 is 0 Å². The molecule has 0 fully saturated rings. The highest BCUT2D eigenvalue weighted by atomic mass is 16.3. The summed E-state index contributed by atoms with van der Waals surface area (Å²) in [7, 11) is 0. The fraction of sp³-hybridized carbons (Fsp3) is 0.467. The molecule has 0 amide bonds. The van der Waals surface area contributed by atoms with Crippen molar-refractivity contribution in [2.75, 3.05) is 0 Å². The topological polar surface area (TPSA) is 50.9 Å². The second kappa shape index (κ2) is 4.46. The van der Waals surface area contributed by atoms with Crippen LogP contribution in [-0.2, 0) is 11.0 Å². The lowest BCUT2D eigenvalue weighted by molar-refractivity contribution is 0.0737. The van der Waals surface area contributed by atoms with Crippen LogP contribution in [0.3, 0.4) is 0 Å². The zero-order chi connectivity index (χ0) is 14.3. The monoisotopic (exact) mass is 259 g/mol. The number of aliphatic hydroxyl groups is 1. The van der Waals surface area contributed by atoms with E-state index in [1.165, 1.54) is 5.56 Å². The number of rotatable bonds is 2. The van der Waals surface area contributed by atoms with Crippen molar-refractivity contribution in [3.05, 3.63) is 41.7 Å². The van der Waals surface area contributed by atoms with Gasteiger partial charge in [-0.3, -0.25) is 0 Å². The van der Waals surface area contributed by atoms with Crippen LogP contribution in [0.5, 0.6) is 0 Å². The summed E-state index contributed by atoms with van der Waals surface area (Å²) in [5.74, 6) is 0. The van der Waals surface area contributed by atoms with Crippen molar-refractivity contribution >= 4 is 0 Å². The Labute approximate surface area is 114 Å². The van der Waals surface area contributed by atoms with E-state index >= 15 is 0 Å². The zero-order valence-corrected chi connectivity index (χ0v) is 12.2. The van der Waals surface area contributed by atoms with E-state index in [1.807, 2.05) is 12.1 Å². The smallest absolute Gasteiger partial charge is 0.114 e. The minimum atomic E-state index is -0.969. The van der Waals surface area contributed by atoms with Gasteiger partial charge < -0.3 is 5.11 Å². The number of hydrogen-bond donors (Lipinski definition) is 1. The maximum Gasteiger partial charge on any atom is 0.114 e. The lowest BCUT2D eigenvalue weighted by Gasteiger charge is -2.19. The molecule has 2 aromatic rings. The van der Waals surface area contributed by atoms with Crippen molar-refractivity contribution in [1.29, 1.82) is 0 Å². The number of benzene rings is 1. The van der Waals surface area contributed by atoms with Crippen LogP contribution in [-0.4, -0.2) is 20.1 Å². The van der Waals surface area contributed by atoms with Crippen LogP contribution in [0.1, 0.15) is 45.9 Å². The van der Waals surface area contributed by atoms with E-state index in [1.54, 1.807) is 24.7 Å². The van der Waals surface area contributed by atoms with Crippen LogP contribution in [0.15, 0.2) is 30.5 Å². The molecule has 0 atom stereocenters. The summed E-state index contributed by atoms with van der Waals surface area (Å²) < 4.78 is 1.68. The van der Waals surface area contributed by atoms with Crippen LogP contribution in [0.4, 0.5) is 0 Å². The summed E-state index contributed by atoms with van der Waals surface area (Å²) in [6, 6.07) is 8.23. The molecule has 1 aromatic heterocycles. The normalized spacial score (nSPS) is 12.7. The molecule has 0 aliphatic heterocycles. The zero-order valence-electron chi connectivity index (χ0n) is 12.2. The molecule has 0 unspecified atom stereocenters. The maximum absolute atomic E-state index is 9.88. The average Bonchev–Trinajstić information content (AvgIpc) is 2.77. The first-order valence-electron chi connectivity index (χ1n) is 6.44. The van der Waals surface area contributed by atoms with Gasteiger partial charge in [0.25, 0.3) is 0 Å². The lowest BCUT2D eigenvalue weighted by Crippen LogP contribution is -2.15. The van der Waals surface area contributed by atoms with E-state index in [-0.39, 0.29) is 5.41 Å². The van der Waals surface area contributed by atoms with E-state index in [9.17, 15) is 5.11 Å². The molecular weight excluding hydrogens is 238 g/mol. The summed E-state index contributed by atoms with van der Waals surface area (Å²) in [4.78, 5) is 0. The SMILES string of the molecule is CC(C)(C)c1ccc(-n2cc(C(C)(C)O)nn2)cc1. The van der Waals surface area contributed by atoms with Crippen LogP contribution in [0.25, 0.3) is 5.69 Å². The minimum Gasteiger partial charge on any atom is -0.384 e. The van der Waals surface area contributed by atoms with Crippen molar-refractivity contribution in [2.45, 2.75) is 45.6 Å². The highest BCUT2D eigenvalue weighted by molar-refractivity contribution is 5.36. The van der Waals surface area contributed by atoms with Crippen LogP contribution in [0.2, 0.25) is 0 Å². The third-order valence-electron chi connectivity index (χ3n) is 3.12. The molecule has 19 heavy (non-hydrogen) atoms. The molecule has 0 aliphatic carbocycles. The van der Waals surface area contributed by atoms with Gasteiger partial charge in [-0.05, 0) is 37.0 Å². The number of nitrogens with zero attached hydrogens (tertiary/aromatic N) is 3. The largest absolute Gasteiger partial charge is 0.384 e. The van der Waals surface area contributed by atoms with Gasteiger partial charge in [-0.1, -0.05) is 38.1 Å². The molecule has 0 bridgehead atoms. The second-order valence-electron chi connectivity index (χ2n) is 6.40. The fourth-order valence-electron chi connectivity index (χ4n) is 1.78. The first-order chi connectivity index (χ1) is 8.68. The van der Waals surface area contributed by atoms with E-state index in [0.29, 0.717) is 5.69 Å². The Morgan fingerprint density at radius 2 is 1.58 bits per heavy atom. The van der Waals surface area contributed by atoms with Crippen molar-refractivity contribution in [3.63, 3.8) is 0 Å². The highest BCUT2D eigenvalue weighted by Gasteiger charge is 2.20. The quantitative estimate of drug-likeness (QED) is 0.902. The summed E-state index contributed by atoms with van der Waals surface area (Å²) >= 11 is 0. The summed E-state index contributed by atoms with van der Waals surface area (Å²) in [5.41, 5.74) is 1.95. The summed E-state index contributed by atoms with van der Waals surface area (Å²) in [5, 5.41) is 17.9. The van der Waals surface area contributed by atoms with Crippen LogP contribution < -0.4 is 0 Å². The van der Waals surface area contributed by atoms with Gasteiger partial charge in [0.1, 0.15) is 11.3 Å². The molecule has 0 spiro atoms. The van der Waals surface area contributed by atoms with Gasteiger partial charge in [0, 0.05) is 0 Å². The van der Waals surface area contributed by atoms with Crippen molar-refractivity contribution in [2.24, 2.45) is 0 Å². The first kappa shape index (κ1) is 13.7. The van der Waals surface area contributed by atoms with Gasteiger partial charge in [0.15, 0.2) is 0 Å². The molecule has 4 nitrogen and oxygen atoms in total. The first-order valence-corrected chi connectivity index (χ1v) is 6.44. The molecule has 2 rings (SSSR count). The molecule has 102 valence electrons. The maximum atomic E-state index is 9.88. The predicted molar refractivity (Wildman–Crippen MR) is 75.3 cm³/mol. The Morgan fingerprint density at radius 3 is 2.00 bits per heavy atom. The Bertz CT molecular complexity index is 556. The Hall–Kier alpha value is -1.68. The van der Waals surface area contributed by atoms with E-state index in [0.717, 1.165) is 5.69 Å². The highest BCUT2D eigenvalue weighted by Crippen LogP contribution is 2.23. The third-order valence-corrected chi connectivity index (χ3v) is 3.12. The molecule has 1 N–H and O–H groups in total. The Morgan fingerprint density at radius 1 is 1.00 bits per heavy atom. The van der Waals surface area contributed by atoms with Crippen LogP contribution in [0, 0.1) is 0 Å². The number of hydrogen-bond acceptors (Lipinski definition) is 3.